The van der Waals surface area contributed by atoms with Crippen molar-refractivity contribution in [3.63, 3.8) is 0 Å². The SMILES string of the molecule is CCCC(C)CC(NN)c1cnsn1. The summed E-state index contributed by atoms with van der Waals surface area (Å²) in [5, 5.41) is 0. The van der Waals surface area contributed by atoms with E-state index in [-0.39, 0.29) is 6.04 Å². The molecule has 1 aromatic rings. The molecule has 3 N–H and O–H groups in total. The van der Waals surface area contributed by atoms with E-state index in [1.807, 2.05) is 0 Å². The van der Waals surface area contributed by atoms with Gasteiger partial charge in [0.2, 0.25) is 0 Å². The topological polar surface area (TPSA) is 63.8 Å². The van der Waals surface area contributed by atoms with Crippen molar-refractivity contribution in [2.75, 3.05) is 0 Å². The summed E-state index contributed by atoms with van der Waals surface area (Å²) in [5.74, 6) is 6.16. The lowest BCUT2D eigenvalue weighted by Crippen LogP contribution is -2.29. The third-order valence-corrected chi connectivity index (χ3v) is 2.85. The molecule has 14 heavy (non-hydrogen) atoms. The van der Waals surface area contributed by atoms with Gasteiger partial charge in [0.05, 0.1) is 29.7 Å². The molecular formula is C9H18N4S. The fourth-order valence-electron chi connectivity index (χ4n) is 1.61. The molecule has 0 amide bonds. The van der Waals surface area contributed by atoms with Crippen LogP contribution in [0.5, 0.6) is 0 Å². The molecule has 5 heteroatoms. The van der Waals surface area contributed by atoms with E-state index < -0.39 is 0 Å². The van der Waals surface area contributed by atoms with Crippen LogP contribution < -0.4 is 11.3 Å². The molecule has 0 saturated heterocycles. The minimum atomic E-state index is 0.148. The van der Waals surface area contributed by atoms with Crippen molar-refractivity contribution in [3.8, 4) is 0 Å². The Labute approximate surface area is 89.2 Å². The molecule has 0 fully saturated rings. The van der Waals surface area contributed by atoms with E-state index in [1.165, 1.54) is 24.6 Å². The van der Waals surface area contributed by atoms with E-state index in [0.29, 0.717) is 5.92 Å². The van der Waals surface area contributed by atoms with Crippen molar-refractivity contribution in [2.24, 2.45) is 11.8 Å². The van der Waals surface area contributed by atoms with Crippen LogP contribution in [0.1, 0.15) is 44.8 Å². The van der Waals surface area contributed by atoms with E-state index >= 15 is 0 Å². The molecule has 0 aliphatic rings. The Morgan fingerprint density at radius 2 is 2.43 bits per heavy atom. The first-order valence-corrected chi connectivity index (χ1v) is 5.74. The van der Waals surface area contributed by atoms with Crippen molar-refractivity contribution in [1.82, 2.24) is 14.2 Å². The largest absolute Gasteiger partial charge is 0.271 e. The summed E-state index contributed by atoms with van der Waals surface area (Å²) in [6, 6.07) is 0.148. The molecule has 1 rings (SSSR count). The maximum Gasteiger partial charge on any atom is 0.0925 e. The second-order valence-electron chi connectivity index (χ2n) is 3.68. The first-order valence-electron chi connectivity index (χ1n) is 5.01. The Hall–Kier alpha value is -0.520. The van der Waals surface area contributed by atoms with Crippen molar-refractivity contribution in [3.05, 3.63) is 11.9 Å². The summed E-state index contributed by atoms with van der Waals surface area (Å²) in [6.07, 6.45) is 5.26. The van der Waals surface area contributed by atoms with Gasteiger partial charge in [-0.1, -0.05) is 26.7 Å². The van der Waals surface area contributed by atoms with Gasteiger partial charge in [-0.3, -0.25) is 11.3 Å². The van der Waals surface area contributed by atoms with Gasteiger partial charge in [0.1, 0.15) is 0 Å². The first kappa shape index (κ1) is 11.6. The zero-order valence-electron chi connectivity index (χ0n) is 8.73. The number of aromatic nitrogens is 2. The molecule has 80 valence electrons. The molecule has 1 aromatic heterocycles. The number of nitrogens with zero attached hydrogens (tertiary/aromatic N) is 2. The zero-order chi connectivity index (χ0) is 10.4. The molecule has 0 saturated carbocycles. The van der Waals surface area contributed by atoms with Gasteiger partial charge < -0.3 is 0 Å². The van der Waals surface area contributed by atoms with Crippen LogP contribution in [0.3, 0.4) is 0 Å². The maximum absolute atomic E-state index is 5.50. The highest BCUT2D eigenvalue weighted by atomic mass is 32.1. The molecular weight excluding hydrogens is 196 g/mol. The third kappa shape index (κ3) is 3.32. The Kier molecular flexibility index (Phi) is 5.00. The number of hydrogen-bond acceptors (Lipinski definition) is 5. The van der Waals surface area contributed by atoms with Gasteiger partial charge in [-0.2, -0.15) is 8.75 Å². The lowest BCUT2D eigenvalue weighted by molar-refractivity contribution is 0.390. The van der Waals surface area contributed by atoms with Gasteiger partial charge in [0, 0.05) is 0 Å². The monoisotopic (exact) mass is 214 g/mol. The summed E-state index contributed by atoms with van der Waals surface area (Å²) in [4.78, 5) is 0. The second-order valence-corrected chi connectivity index (χ2v) is 4.24. The molecule has 0 aromatic carbocycles. The van der Waals surface area contributed by atoms with Gasteiger partial charge in [-0.05, 0) is 12.3 Å². The van der Waals surface area contributed by atoms with Gasteiger partial charge >= 0.3 is 0 Å². The van der Waals surface area contributed by atoms with Crippen LogP contribution in [0.2, 0.25) is 0 Å². The number of nitrogens with one attached hydrogen (secondary N) is 1. The summed E-state index contributed by atoms with van der Waals surface area (Å²) in [5.41, 5.74) is 3.76. The fourth-order valence-corrected chi connectivity index (χ4v) is 2.08. The predicted octanol–water partition coefficient (Wildman–Crippen LogP) is 1.87. The minimum Gasteiger partial charge on any atom is -0.271 e. The number of rotatable bonds is 6. The van der Waals surface area contributed by atoms with Crippen LogP contribution in [-0.4, -0.2) is 8.75 Å². The van der Waals surface area contributed by atoms with Crippen molar-refractivity contribution in [2.45, 2.75) is 39.2 Å². The average molecular weight is 214 g/mol. The van der Waals surface area contributed by atoms with Gasteiger partial charge in [-0.25, -0.2) is 0 Å². The van der Waals surface area contributed by atoms with E-state index in [0.717, 1.165) is 12.1 Å². The quantitative estimate of drug-likeness (QED) is 0.560. The maximum atomic E-state index is 5.50. The summed E-state index contributed by atoms with van der Waals surface area (Å²) < 4.78 is 8.17. The third-order valence-electron chi connectivity index (χ3n) is 2.36. The first-order chi connectivity index (χ1) is 6.77. The number of hydrogen-bond donors (Lipinski definition) is 2. The van der Waals surface area contributed by atoms with Crippen molar-refractivity contribution < 1.29 is 0 Å². The molecule has 0 aliphatic carbocycles. The Bertz CT molecular complexity index is 237. The van der Waals surface area contributed by atoms with Crippen molar-refractivity contribution >= 4 is 11.7 Å². The second kappa shape index (κ2) is 6.06. The number of nitrogens with two attached hydrogens (primary N) is 1. The molecule has 2 atom stereocenters. The van der Waals surface area contributed by atoms with Crippen LogP contribution in [0, 0.1) is 5.92 Å². The average Bonchev–Trinajstić information content (AvgIpc) is 2.67. The normalized spacial score (nSPS) is 15.4. The standard InChI is InChI=1S/C9H18N4S/c1-3-4-7(2)5-8(12-10)9-6-11-14-13-9/h6-8,12H,3-5,10H2,1-2H3. The van der Waals surface area contributed by atoms with E-state index in [9.17, 15) is 0 Å². The van der Waals surface area contributed by atoms with Crippen LogP contribution >= 0.6 is 11.7 Å². The summed E-state index contributed by atoms with van der Waals surface area (Å²) in [6.45, 7) is 4.44. The molecule has 0 bridgehead atoms. The molecule has 0 radical (unpaired) electrons. The molecule has 0 aliphatic heterocycles. The highest BCUT2D eigenvalue weighted by Gasteiger charge is 2.15. The predicted molar refractivity (Wildman–Crippen MR) is 58.7 cm³/mol. The molecule has 4 nitrogen and oxygen atoms in total. The lowest BCUT2D eigenvalue weighted by atomic mass is 9.96. The highest BCUT2D eigenvalue weighted by Crippen LogP contribution is 2.21. The highest BCUT2D eigenvalue weighted by molar-refractivity contribution is 6.99. The Balaban J connectivity index is 2.47. The van der Waals surface area contributed by atoms with Crippen molar-refractivity contribution in [1.29, 1.82) is 0 Å². The Morgan fingerprint density at radius 3 is 2.93 bits per heavy atom. The minimum absolute atomic E-state index is 0.148. The van der Waals surface area contributed by atoms with Crippen LogP contribution in [-0.2, 0) is 0 Å². The molecule has 0 spiro atoms. The van der Waals surface area contributed by atoms with E-state index in [2.05, 4.69) is 28.0 Å². The molecule has 2 unspecified atom stereocenters. The smallest absolute Gasteiger partial charge is 0.0925 e. The summed E-state index contributed by atoms with van der Waals surface area (Å²) in [7, 11) is 0. The molecule has 1 heterocycles. The van der Waals surface area contributed by atoms with Gasteiger partial charge in [0.15, 0.2) is 0 Å². The fraction of sp³-hybridized carbons (Fsp3) is 0.778. The van der Waals surface area contributed by atoms with Crippen LogP contribution in [0.25, 0.3) is 0 Å². The summed E-state index contributed by atoms with van der Waals surface area (Å²) >= 11 is 1.23. The number of hydrazine groups is 1. The lowest BCUT2D eigenvalue weighted by Gasteiger charge is -2.17. The van der Waals surface area contributed by atoms with Gasteiger partial charge in [0.25, 0.3) is 0 Å². The van der Waals surface area contributed by atoms with E-state index in [4.69, 9.17) is 5.84 Å². The van der Waals surface area contributed by atoms with E-state index in [1.54, 1.807) is 6.20 Å². The van der Waals surface area contributed by atoms with Crippen LogP contribution in [0.15, 0.2) is 6.20 Å². The van der Waals surface area contributed by atoms with Gasteiger partial charge in [-0.15, -0.1) is 0 Å². The van der Waals surface area contributed by atoms with Crippen LogP contribution in [0.4, 0.5) is 0 Å². The zero-order valence-corrected chi connectivity index (χ0v) is 9.55. The Morgan fingerprint density at radius 1 is 1.64 bits per heavy atom.